The molecule has 4 heterocycles. The highest BCUT2D eigenvalue weighted by molar-refractivity contribution is 5.94. The van der Waals surface area contributed by atoms with Gasteiger partial charge in [-0.05, 0) is 38.9 Å². The second-order valence-electron chi connectivity index (χ2n) is 10.0. The first-order chi connectivity index (χ1) is 15.6. The summed E-state index contributed by atoms with van der Waals surface area (Å²) in [5, 5.41) is 0. The summed E-state index contributed by atoms with van der Waals surface area (Å²) in [6.07, 6.45) is 8.81. The van der Waals surface area contributed by atoms with Crippen molar-refractivity contribution in [2.45, 2.75) is 57.7 Å². The van der Waals surface area contributed by atoms with E-state index in [-0.39, 0.29) is 5.91 Å². The maximum absolute atomic E-state index is 13.6. The Bertz CT molecular complexity index is 928. The minimum absolute atomic E-state index is 0.106. The fourth-order valence-corrected chi connectivity index (χ4v) is 5.73. The number of amides is 1. The number of carbonyl (C=O) groups is 1. The van der Waals surface area contributed by atoms with E-state index in [1.807, 2.05) is 23.1 Å². The van der Waals surface area contributed by atoms with E-state index in [4.69, 9.17) is 4.98 Å². The SMILES string of the molecule is CC1CN(Cc2c(C(=O)N3CCN(C4CCCCC4)CC3)nc3ccccn23)CCN1C. The zero-order chi connectivity index (χ0) is 22.1. The first-order valence-corrected chi connectivity index (χ1v) is 12.5. The number of likely N-dealkylation sites (N-methyl/N-ethyl adjacent to an activating group) is 1. The Kier molecular flexibility index (Phi) is 6.49. The van der Waals surface area contributed by atoms with Crippen LogP contribution in [0.1, 0.15) is 55.2 Å². The van der Waals surface area contributed by atoms with Crippen molar-refractivity contribution in [3.8, 4) is 0 Å². The molecule has 2 aromatic rings. The standard InChI is InChI=1S/C25H38N6O/c1-20-18-28(13-12-27(20)2)19-22-24(26-23-10-6-7-11-31(22)23)25(32)30-16-14-29(15-17-30)21-8-4-3-5-9-21/h6-7,10-11,20-21H,3-5,8-9,12-19H2,1-2H3. The number of imidazole rings is 1. The average molecular weight is 439 g/mol. The van der Waals surface area contributed by atoms with Crippen molar-refractivity contribution in [2.75, 3.05) is 52.9 Å². The number of aromatic nitrogens is 2. The van der Waals surface area contributed by atoms with Crippen LogP contribution in [-0.2, 0) is 6.54 Å². The monoisotopic (exact) mass is 438 g/mol. The molecule has 2 aromatic heterocycles. The molecule has 1 aliphatic carbocycles. The summed E-state index contributed by atoms with van der Waals surface area (Å²) in [4.78, 5) is 28.0. The Hall–Kier alpha value is -1.96. The predicted octanol–water partition coefficient (Wildman–Crippen LogP) is 2.56. The zero-order valence-corrected chi connectivity index (χ0v) is 19.7. The summed E-state index contributed by atoms with van der Waals surface area (Å²) in [7, 11) is 2.19. The fourth-order valence-electron chi connectivity index (χ4n) is 5.73. The van der Waals surface area contributed by atoms with E-state index in [1.54, 1.807) is 0 Å². The molecule has 1 amide bonds. The summed E-state index contributed by atoms with van der Waals surface area (Å²) < 4.78 is 2.12. The van der Waals surface area contributed by atoms with Gasteiger partial charge in [0.2, 0.25) is 0 Å². The van der Waals surface area contributed by atoms with Crippen LogP contribution < -0.4 is 0 Å². The van der Waals surface area contributed by atoms with Crippen LogP contribution in [0.25, 0.3) is 5.65 Å². The number of fused-ring (bicyclic) bond motifs is 1. The van der Waals surface area contributed by atoms with Crippen LogP contribution in [0.3, 0.4) is 0 Å². The lowest BCUT2D eigenvalue weighted by atomic mass is 9.94. The third-order valence-corrected chi connectivity index (χ3v) is 7.94. The van der Waals surface area contributed by atoms with Crippen molar-refractivity contribution in [3.05, 3.63) is 35.8 Å². The Morgan fingerprint density at radius 3 is 2.56 bits per heavy atom. The lowest BCUT2D eigenvalue weighted by Gasteiger charge is -2.40. The minimum atomic E-state index is 0.106. The summed E-state index contributed by atoms with van der Waals surface area (Å²) in [5.41, 5.74) is 2.56. The van der Waals surface area contributed by atoms with Gasteiger partial charge in [-0.3, -0.25) is 14.6 Å². The number of carbonyl (C=O) groups excluding carboxylic acids is 1. The van der Waals surface area contributed by atoms with E-state index in [1.165, 1.54) is 32.1 Å². The number of hydrogen-bond donors (Lipinski definition) is 0. The van der Waals surface area contributed by atoms with E-state index in [0.717, 1.165) is 69.7 Å². The van der Waals surface area contributed by atoms with Crippen molar-refractivity contribution >= 4 is 11.6 Å². The molecule has 2 aliphatic heterocycles. The van der Waals surface area contributed by atoms with E-state index in [0.29, 0.717) is 11.7 Å². The third kappa shape index (κ3) is 4.43. The predicted molar refractivity (Wildman–Crippen MR) is 127 cm³/mol. The number of nitrogens with zero attached hydrogens (tertiary/aromatic N) is 6. The summed E-state index contributed by atoms with van der Waals surface area (Å²) in [6, 6.07) is 7.29. The number of hydrogen-bond acceptors (Lipinski definition) is 5. The quantitative estimate of drug-likeness (QED) is 0.734. The van der Waals surface area contributed by atoms with Crippen LogP contribution >= 0.6 is 0 Å². The molecule has 0 radical (unpaired) electrons. The normalized spacial score (nSPS) is 24.9. The van der Waals surface area contributed by atoms with Gasteiger partial charge in [-0.1, -0.05) is 25.3 Å². The average Bonchev–Trinajstić information content (AvgIpc) is 3.20. The first kappa shape index (κ1) is 21.9. The van der Waals surface area contributed by atoms with Crippen LogP contribution in [0, 0.1) is 0 Å². The van der Waals surface area contributed by atoms with Gasteiger partial charge in [0.15, 0.2) is 5.69 Å². The largest absolute Gasteiger partial charge is 0.335 e. The lowest BCUT2D eigenvalue weighted by molar-refractivity contribution is 0.0515. The molecule has 0 bridgehead atoms. The van der Waals surface area contributed by atoms with Crippen molar-refractivity contribution in [2.24, 2.45) is 0 Å². The number of piperazine rings is 2. The minimum Gasteiger partial charge on any atom is -0.335 e. The summed E-state index contributed by atoms with van der Waals surface area (Å²) in [6.45, 7) is 9.76. The fraction of sp³-hybridized carbons (Fsp3) is 0.680. The molecular formula is C25H38N6O. The molecule has 174 valence electrons. The van der Waals surface area contributed by atoms with Gasteiger partial charge in [0.25, 0.3) is 5.91 Å². The maximum atomic E-state index is 13.6. The highest BCUT2D eigenvalue weighted by Gasteiger charge is 2.31. The molecule has 1 saturated carbocycles. The summed E-state index contributed by atoms with van der Waals surface area (Å²) >= 11 is 0. The second-order valence-corrected chi connectivity index (χ2v) is 10.0. The molecule has 0 N–H and O–H groups in total. The van der Waals surface area contributed by atoms with E-state index < -0.39 is 0 Å². The Labute approximate surface area is 192 Å². The van der Waals surface area contributed by atoms with E-state index >= 15 is 0 Å². The van der Waals surface area contributed by atoms with Crippen LogP contribution in [0.2, 0.25) is 0 Å². The van der Waals surface area contributed by atoms with Crippen LogP contribution in [-0.4, -0.2) is 99.8 Å². The molecule has 0 aromatic carbocycles. The van der Waals surface area contributed by atoms with E-state index in [9.17, 15) is 4.79 Å². The number of rotatable bonds is 4. The van der Waals surface area contributed by atoms with Crippen LogP contribution in [0.4, 0.5) is 0 Å². The van der Waals surface area contributed by atoms with E-state index in [2.05, 4.69) is 39.3 Å². The molecule has 32 heavy (non-hydrogen) atoms. The number of pyridine rings is 1. The van der Waals surface area contributed by atoms with Gasteiger partial charge in [-0.15, -0.1) is 0 Å². The van der Waals surface area contributed by atoms with Crippen molar-refractivity contribution in [1.82, 2.24) is 29.0 Å². The van der Waals surface area contributed by atoms with Crippen LogP contribution in [0.5, 0.6) is 0 Å². The van der Waals surface area contributed by atoms with Gasteiger partial charge >= 0.3 is 0 Å². The topological polar surface area (TPSA) is 47.3 Å². The van der Waals surface area contributed by atoms with Gasteiger partial charge in [-0.25, -0.2) is 4.98 Å². The molecule has 1 atom stereocenters. The van der Waals surface area contributed by atoms with Gasteiger partial charge in [0.1, 0.15) is 5.65 Å². The Morgan fingerprint density at radius 2 is 1.81 bits per heavy atom. The van der Waals surface area contributed by atoms with Crippen LogP contribution in [0.15, 0.2) is 24.4 Å². The van der Waals surface area contributed by atoms with Gasteiger partial charge in [-0.2, -0.15) is 0 Å². The molecule has 3 aliphatic rings. The molecule has 2 saturated heterocycles. The molecule has 7 nitrogen and oxygen atoms in total. The van der Waals surface area contributed by atoms with Gasteiger partial charge in [0.05, 0.1) is 5.69 Å². The Morgan fingerprint density at radius 1 is 1.03 bits per heavy atom. The molecular weight excluding hydrogens is 400 g/mol. The summed E-state index contributed by atoms with van der Waals surface area (Å²) in [5.74, 6) is 0.106. The smallest absolute Gasteiger partial charge is 0.274 e. The highest BCUT2D eigenvalue weighted by Crippen LogP contribution is 2.24. The molecule has 7 heteroatoms. The second kappa shape index (κ2) is 9.49. The van der Waals surface area contributed by atoms with Crippen molar-refractivity contribution in [1.29, 1.82) is 0 Å². The maximum Gasteiger partial charge on any atom is 0.274 e. The van der Waals surface area contributed by atoms with Crippen molar-refractivity contribution < 1.29 is 4.79 Å². The molecule has 3 fully saturated rings. The molecule has 0 spiro atoms. The van der Waals surface area contributed by atoms with Crippen molar-refractivity contribution in [3.63, 3.8) is 0 Å². The van der Waals surface area contributed by atoms with Gasteiger partial charge < -0.3 is 14.2 Å². The Balaban J connectivity index is 1.32. The molecule has 5 rings (SSSR count). The van der Waals surface area contributed by atoms with Gasteiger partial charge in [0, 0.05) is 70.6 Å². The third-order valence-electron chi connectivity index (χ3n) is 7.94. The first-order valence-electron chi connectivity index (χ1n) is 12.5. The lowest BCUT2D eigenvalue weighted by Crippen LogP contribution is -2.52. The zero-order valence-electron chi connectivity index (χ0n) is 19.7. The highest BCUT2D eigenvalue weighted by atomic mass is 16.2. The molecule has 1 unspecified atom stereocenters.